The van der Waals surface area contributed by atoms with Gasteiger partial charge in [0.15, 0.2) is 0 Å². The number of carbonyl (C=O) groups is 1. The minimum absolute atomic E-state index is 0.182. The van der Waals surface area contributed by atoms with Gasteiger partial charge in [0.1, 0.15) is 18.0 Å². The summed E-state index contributed by atoms with van der Waals surface area (Å²) in [6.45, 7) is 0.365. The van der Waals surface area contributed by atoms with Gasteiger partial charge in [-0.05, 0) is 48.5 Å². The zero-order valence-electron chi connectivity index (χ0n) is 15.4. The first-order valence-electron chi connectivity index (χ1n) is 8.94. The molecule has 0 saturated carbocycles. The molecule has 2 aromatic carbocycles. The first-order valence-corrected chi connectivity index (χ1v) is 8.94. The zero-order valence-corrected chi connectivity index (χ0v) is 15.4. The van der Waals surface area contributed by atoms with Gasteiger partial charge < -0.3 is 9.14 Å². The molecule has 4 rings (SSSR count). The van der Waals surface area contributed by atoms with Crippen molar-refractivity contribution in [2.75, 3.05) is 12.1 Å². The number of carbonyl (C=O) groups excluding carboxylic acids is 1. The zero-order chi connectivity index (χ0) is 19.3. The third-order valence-electron chi connectivity index (χ3n) is 4.33. The Morgan fingerprint density at radius 3 is 2.54 bits per heavy atom. The Bertz CT molecular complexity index is 1040. The van der Waals surface area contributed by atoms with E-state index in [0.29, 0.717) is 17.9 Å². The number of amides is 1. The quantitative estimate of drug-likeness (QED) is 0.525. The van der Waals surface area contributed by atoms with Crippen molar-refractivity contribution < 1.29 is 9.53 Å². The molecule has 140 valence electrons. The molecule has 2 aromatic heterocycles. The van der Waals surface area contributed by atoms with Crippen LogP contribution in [0, 0.1) is 0 Å². The highest BCUT2D eigenvalue weighted by Gasteiger charge is 2.09. The number of benzene rings is 2. The Balaban J connectivity index is 1.36. The van der Waals surface area contributed by atoms with Crippen LogP contribution in [0.25, 0.3) is 5.65 Å². The number of hydrogen-bond donors (Lipinski definition) is 1. The van der Waals surface area contributed by atoms with E-state index in [1.807, 2.05) is 65.3 Å². The average molecular weight is 372 g/mol. The van der Waals surface area contributed by atoms with Gasteiger partial charge in [-0.2, -0.15) is 0 Å². The molecule has 0 atom stereocenters. The summed E-state index contributed by atoms with van der Waals surface area (Å²) >= 11 is 0. The van der Waals surface area contributed by atoms with E-state index in [1.54, 1.807) is 36.3 Å². The van der Waals surface area contributed by atoms with Gasteiger partial charge in [-0.25, -0.2) is 4.98 Å². The maximum absolute atomic E-state index is 12.4. The molecule has 4 aromatic rings. The SMILES string of the molecule is CN(NC(=O)c1ccc(OCc2cn3ccccc3n2)cc1)c1ccccc1. The topological polar surface area (TPSA) is 58.9 Å². The number of hydrazine groups is 1. The second-order valence-corrected chi connectivity index (χ2v) is 6.35. The van der Waals surface area contributed by atoms with Crippen LogP contribution in [0.1, 0.15) is 16.1 Å². The number of rotatable bonds is 6. The fraction of sp³-hybridized carbons (Fsp3) is 0.0909. The van der Waals surface area contributed by atoms with Crippen LogP contribution in [0.3, 0.4) is 0 Å². The van der Waals surface area contributed by atoms with Crippen LogP contribution in [-0.2, 0) is 6.61 Å². The van der Waals surface area contributed by atoms with Crippen molar-refractivity contribution in [2.24, 2.45) is 0 Å². The molecular formula is C22H20N4O2. The Kier molecular flexibility index (Phi) is 4.93. The maximum atomic E-state index is 12.4. The molecule has 0 saturated heterocycles. The van der Waals surface area contributed by atoms with Gasteiger partial charge in [-0.1, -0.05) is 24.3 Å². The molecule has 28 heavy (non-hydrogen) atoms. The third-order valence-corrected chi connectivity index (χ3v) is 4.33. The lowest BCUT2D eigenvalue weighted by atomic mass is 10.2. The van der Waals surface area contributed by atoms with Gasteiger partial charge in [0, 0.05) is 25.0 Å². The number of hydrogen-bond acceptors (Lipinski definition) is 4. The van der Waals surface area contributed by atoms with Gasteiger partial charge in [-0.3, -0.25) is 15.2 Å². The summed E-state index contributed by atoms with van der Waals surface area (Å²) in [5.41, 5.74) is 6.04. The molecule has 2 heterocycles. The second kappa shape index (κ2) is 7.84. The van der Waals surface area contributed by atoms with Gasteiger partial charge in [0.25, 0.3) is 5.91 Å². The van der Waals surface area contributed by atoms with Crippen LogP contribution in [-0.4, -0.2) is 22.3 Å². The van der Waals surface area contributed by atoms with E-state index in [1.165, 1.54) is 0 Å². The minimum Gasteiger partial charge on any atom is -0.487 e. The molecule has 6 heteroatoms. The molecule has 0 aliphatic carbocycles. The first kappa shape index (κ1) is 17.6. The molecule has 0 spiro atoms. The van der Waals surface area contributed by atoms with Crippen molar-refractivity contribution in [1.82, 2.24) is 14.8 Å². The molecule has 0 radical (unpaired) electrons. The number of para-hydroxylation sites is 1. The molecule has 0 bridgehead atoms. The van der Waals surface area contributed by atoms with Crippen molar-refractivity contribution in [3.63, 3.8) is 0 Å². The van der Waals surface area contributed by atoms with E-state index in [9.17, 15) is 4.79 Å². The molecular weight excluding hydrogens is 352 g/mol. The normalized spacial score (nSPS) is 10.6. The van der Waals surface area contributed by atoms with Crippen LogP contribution in [0.5, 0.6) is 5.75 Å². The molecule has 6 nitrogen and oxygen atoms in total. The van der Waals surface area contributed by atoms with E-state index in [0.717, 1.165) is 17.0 Å². The number of nitrogens with zero attached hydrogens (tertiary/aromatic N) is 3. The highest BCUT2D eigenvalue weighted by molar-refractivity contribution is 5.95. The summed E-state index contributed by atoms with van der Waals surface area (Å²) in [5, 5.41) is 1.69. The lowest BCUT2D eigenvalue weighted by Gasteiger charge is -2.20. The first-order chi connectivity index (χ1) is 13.7. The molecule has 1 N–H and O–H groups in total. The summed E-state index contributed by atoms with van der Waals surface area (Å²) in [6.07, 6.45) is 3.89. The standard InChI is InChI=1S/C22H20N4O2/c1-25(19-7-3-2-4-8-19)24-22(27)17-10-12-20(13-11-17)28-16-18-15-26-14-6-5-9-21(26)23-18/h2-15H,16H2,1H3,(H,24,27). The lowest BCUT2D eigenvalue weighted by molar-refractivity contribution is 0.0951. The van der Waals surface area contributed by atoms with E-state index in [-0.39, 0.29) is 5.91 Å². The number of aromatic nitrogens is 2. The summed E-state index contributed by atoms with van der Waals surface area (Å²) < 4.78 is 7.74. The van der Waals surface area contributed by atoms with Gasteiger partial charge >= 0.3 is 0 Å². The second-order valence-electron chi connectivity index (χ2n) is 6.35. The van der Waals surface area contributed by atoms with Gasteiger partial charge in [0.2, 0.25) is 0 Å². The molecule has 0 aliphatic heterocycles. The van der Waals surface area contributed by atoms with Crippen LogP contribution < -0.4 is 15.2 Å². The number of ether oxygens (including phenoxy) is 1. The average Bonchev–Trinajstić information content (AvgIpc) is 3.16. The van der Waals surface area contributed by atoms with E-state index in [2.05, 4.69) is 10.4 Å². The smallest absolute Gasteiger partial charge is 0.269 e. The van der Waals surface area contributed by atoms with Crippen molar-refractivity contribution in [3.8, 4) is 5.75 Å². The summed E-state index contributed by atoms with van der Waals surface area (Å²) in [5.74, 6) is 0.503. The van der Waals surface area contributed by atoms with Crippen LogP contribution in [0.2, 0.25) is 0 Å². The summed E-state index contributed by atoms with van der Waals surface area (Å²) in [4.78, 5) is 16.9. The van der Waals surface area contributed by atoms with Gasteiger partial charge in [0.05, 0.1) is 11.4 Å². The highest BCUT2D eigenvalue weighted by Crippen LogP contribution is 2.15. The largest absolute Gasteiger partial charge is 0.487 e. The fourth-order valence-corrected chi connectivity index (χ4v) is 2.85. The number of imidazole rings is 1. The Hall–Kier alpha value is -3.80. The summed E-state index contributed by atoms with van der Waals surface area (Å²) in [6, 6.07) is 22.5. The predicted molar refractivity (Wildman–Crippen MR) is 108 cm³/mol. The molecule has 0 fully saturated rings. The van der Waals surface area contributed by atoms with Crippen molar-refractivity contribution in [2.45, 2.75) is 6.61 Å². The van der Waals surface area contributed by atoms with Crippen LogP contribution >= 0.6 is 0 Å². The lowest BCUT2D eigenvalue weighted by Crippen LogP contribution is -2.39. The predicted octanol–water partition coefficient (Wildman–Crippen LogP) is 3.69. The van der Waals surface area contributed by atoms with Crippen LogP contribution in [0.15, 0.2) is 85.2 Å². The summed E-state index contributed by atoms with van der Waals surface area (Å²) in [7, 11) is 1.81. The number of fused-ring (bicyclic) bond motifs is 1. The minimum atomic E-state index is -0.182. The van der Waals surface area contributed by atoms with Gasteiger partial charge in [-0.15, -0.1) is 0 Å². The molecule has 1 amide bonds. The highest BCUT2D eigenvalue weighted by atomic mass is 16.5. The van der Waals surface area contributed by atoms with Crippen molar-refractivity contribution >= 4 is 17.2 Å². The van der Waals surface area contributed by atoms with E-state index < -0.39 is 0 Å². The maximum Gasteiger partial charge on any atom is 0.269 e. The number of nitrogens with one attached hydrogen (secondary N) is 1. The van der Waals surface area contributed by atoms with Crippen molar-refractivity contribution in [3.05, 3.63) is 96.4 Å². The fourth-order valence-electron chi connectivity index (χ4n) is 2.85. The third kappa shape index (κ3) is 3.96. The Labute approximate surface area is 163 Å². The number of anilines is 1. The van der Waals surface area contributed by atoms with E-state index >= 15 is 0 Å². The molecule has 0 unspecified atom stereocenters. The Morgan fingerprint density at radius 2 is 1.79 bits per heavy atom. The Morgan fingerprint density at radius 1 is 1.04 bits per heavy atom. The van der Waals surface area contributed by atoms with E-state index in [4.69, 9.17) is 4.74 Å². The van der Waals surface area contributed by atoms with Crippen molar-refractivity contribution in [1.29, 1.82) is 0 Å². The monoisotopic (exact) mass is 372 g/mol. The van der Waals surface area contributed by atoms with Crippen LogP contribution in [0.4, 0.5) is 5.69 Å². The molecule has 0 aliphatic rings. The number of pyridine rings is 1.